The number of hydrogen-bond donors (Lipinski definition) is 1. The molecule has 0 unspecified atom stereocenters. The minimum absolute atomic E-state index is 0.0807. The van der Waals surface area contributed by atoms with Gasteiger partial charge in [-0.3, -0.25) is 24.3 Å². The zero-order chi connectivity index (χ0) is 27.9. The molecular formula is C31H31ClN4O4. The predicted molar refractivity (Wildman–Crippen MR) is 151 cm³/mol. The Morgan fingerprint density at radius 3 is 2.42 bits per heavy atom. The Kier molecular flexibility index (Phi) is 7.06. The van der Waals surface area contributed by atoms with Gasteiger partial charge in [-0.05, 0) is 73.2 Å². The number of aromatic nitrogens is 1. The number of piperidine rings is 2. The van der Waals surface area contributed by atoms with Gasteiger partial charge in [0.1, 0.15) is 0 Å². The molecule has 3 aromatic rings. The summed E-state index contributed by atoms with van der Waals surface area (Å²) in [6.07, 6.45) is 5.80. The monoisotopic (exact) mass is 558 g/mol. The van der Waals surface area contributed by atoms with Crippen LogP contribution in [-0.2, 0) is 16.9 Å². The molecular weight excluding hydrogens is 528 g/mol. The number of aliphatic hydroxyl groups is 1. The summed E-state index contributed by atoms with van der Waals surface area (Å²) < 4.78 is 0. The number of halogens is 1. The van der Waals surface area contributed by atoms with Crippen molar-refractivity contribution in [2.24, 2.45) is 5.92 Å². The van der Waals surface area contributed by atoms with Crippen molar-refractivity contribution in [3.8, 4) is 0 Å². The van der Waals surface area contributed by atoms with Crippen LogP contribution >= 0.6 is 11.6 Å². The highest BCUT2D eigenvalue weighted by Gasteiger charge is 2.41. The topological polar surface area (TPSA) is 94.1 Å². The van der Waals surface area contributed by atoms with Crippen LogP contribution in [0.25, 0.3) is 0 Å². The number of nitrogens with zero attached hydrogens (tertiary/aromatic N) is 4. The van der Waals surface area contributed by atoms with Crippen LogP contribution in [0.5, 0.6) is 0 Å². The number of fused-ring (bicyclic) bond motifs is 1. The van der Waals surface area contributed by atoms with E-state index in [2.05, 4.69) is 9.88 Å². The first-order chi connectivity index (χ1) is 19.3. The van der Waals surface area contributed by atoms with E-state index in [0.717, 1.165) is 24.0 Å². The molecule has 0 bridgehead atoms. The van der Waals surface area contributed by atoms with Crippen molar-refractivity contribution in [1.29, 1.82) is 0 Å². The lowest BCUT2D eigenvalue weighted by molar-refractivity contribution is -0.140. The summed E-state index contributed by atoms with van der Waals surface area (Å²) in [7, 11) is 0. The number of hydrogen-bond acceptors (Lipinski definition) is 6. The second-order valence-corrected chi connectivity index (χ2v) is 11.3. The molecule has 0 saturated carbocycles. The number of pyridine rings is 1. The summed E-state index contributed by atoms with van der Waals surface area (Å²) in [5.41, 5.74) is 2.21. The third-order valence-electron chi connectivity index (χ3n) is 8.46. The van der Waals surface area contributed by atoms with Gasteiger partial charge in [0.05, 0.1) is 34.9 Å². The quantitative estimate of drug-likeness (QED) is 0.470. The molecule has 9 heteroatoms. The third kappa shape index (κ3) is 4.86. The van der Waals surface area contributed by atoms with E-state index >= 15 is 0 Å². The van der Waals surface area contributed by atoms with E-state index in [1.807, 2.05) is 29.2 Å². The van der Waals surface area contributed by atoms with Crippen molar-refractivity contribution in [3.05, 3.63) is 94.3 Å². The number of benzene rings is 2. The van der Waals surface area contributed by atoms with Crippen molar-refractivity contribution in [2.45, 2.75) is 37.8 Å². The van der Waals surface area contributed by atoms with Crippen LogP contribution in [0, 0.1) is 5.92 Å². The van der Waals surface area contributed by atoms with E-state index < -0.39 is 5.60 Å². The molecule has 0 spiro atoms. The molecule has 6 rings (SSSR count). The Labute approximate surface area is 238 Å². The maximum absolute atomic E-state index is 13.6. The molecule has 2 aromatic carbocycles. The summed E-state index contributed by atoms with van der Waals surface area (Å²) in [6.45, 7) is 2.34. The first-order valence-electron chi connectivity index (χ1n) is 13.7. The lowest BCUT2D eigenvalue weighted by Gasteiger charge is -2.41. The summed E-state index contributed by atoms with van der Waals surface area (Å²) >= 11 is 6.01. The predicted octanol–water partition coefficient (Wildman–Crippen LogP) is 4.26. The van der Waals surface area contributed by atoms with Gasteiger partial charge in [-0.2, -0.15) is 0 Å². The number of amides is 3. The van der Waals surface area contributed by atoms with Crippen molar-refractivity contribution in [2.75, 3.05) is 31.1 Å². The van der Waals surface area contributed by atoms with Crippen LogP contribution in [0.2, 0.25) is 5.02 Å². The normalized spacial score (nSPS) is 20.6. The first kappa shape index (κ1) is 26.5. The van der Waals surface area contributed by atoms with Crippen LogP contribution in [0.4, 0.5) is 5.69 Å². The Morgan fingerprint density at radius 1 is 0.975 bits per heavy atom. The van der Waals surface area contributed by atoms with Gasteiger partial charge in [-0.15, -0.1) is 0 Å². The SMILES string of the molecule is O=C([C@H]1CCCN(c2cccc3c2C(=O)N(Cc2ccncc2)C3=O)C1)N1CCC(O)(c2ccc(Cl)cc2)CC1. The number of carbonyl (C=O) groups is 3. The van der Waals surface area contributed by atoms with Gasteiger partial charge < -0.3 is 14.9 Å². The van der Waals surface area contributed by atoms with Crippen LogP contribution in [0.15, 0.2) is 67.0 Å². The summed E-state index contributed by atoms with van der Waals surface area (Å²) in [5.74, 6) is -0.744. The highest BCUT2D eigenvalue weighted by atomic mass is 35.5. The molecule has 1 N–H and O–H groups in total. The van der Waals surface area contributed by atoms with Crippen LogP contribution in [-0.4, -0.2) is 63.8 Å². The van der Waals surface area contributed by atoms with Crippen LogP contribution in [0.1, 0.15) is 57.5 Å². The molecule has 40 heavy (non-hydrogen) atoms. The maximum Gasteiger partial charge on any atom is 0.263 e. The standard InChI is InChI=1S/C31H31ClN4O4/c32-24-8-6-23(7-9-24)31(40)12-17-34(18-13-31)28(37)22-3-2-16-35(20-22)26-5-1-4-25-27(26)30(39)36(29(25)38)19-21-10-14-33-15-11-21/h1,4-11,14-15,22,40H,2-3,12-13,16-20H2/t22-/m0/s1. The lowest BCUT2D eigenvalue weighted by Crippen LogP contribution is -2.50. The summed E-state index contributed by atoms with van der Waals surface area (Å²) in [4.78, 5) is 49.5. The third-order valence-corrected chi connectivity index (χ3v) is 8.71. The average Bonchev–Trinajstić information content (AvgIpc) is 3.23. The van der Waals surface area contributed by atoms with E-state index in [1.54, 1.807) is 42.7 Å². The van der Waals surface area contributed by atoms with E-state index in [9.17, 15) is 19.5 Å². The molecule has 3 amide bonds. The molecule has 3 aliphatic heterocycles. The molecule has 206 valence electrons. The second-order valence-electron chi connectivity index (χ2n) is 10.9. The van der Waals surface area contributed by atoms with Crippen molar-refractivity contribution >= 4 is 35.0 Å². The first-order valence-corrected chi connectivity index (χ1v) is 14.1. The average molecular weight is 559 g/mol. The van der Waals surface area contributed by atoms with Gasteiger partial charge in [-0.25, -0.2) is 0 Å². The fourth-order valence-electron chi connectivity index (χ4n) is 6.20. The van der Waals surface area contributed by atoms with Crippen LogP contribution in [0.3, 0.4) is 0 Å². The summed E-state index contributed by atoms with van der Waals surface area (Å²) in [5, 5.41) is 11.9. The van der Waals surface area contributed by atoms with Crippen molar-refractivity contribution < 1.29 is 19.5 Å². The Balaban J connectivity index is 1.15. The largest absolute Gasteiger partial charge is 0.385 e. The van der Waals surface area contributed by atoms with Crippen molar-refractivity contribution in [3.63, 3.8) is 0 Å². The zero-order valence-electron chi connectivity index (χ0n) is 22.1. The molecule has 8 nitrogen and oxygen atoms in total. The molecule has 2 fully saturated rings. The maximum atomic E-state index is 13.6. The molecule has 2 saturated heterocycles. The van der Waals surface area contributed by atoms with E-state index in [0.29, 0.717) is 60.9 Å². The minimum Gasteiger partial charge on any atom is -0.385 e. The van der Waals surface area contributed by atoms with Gasteiger partial charge in [0, 0.05) is 43.6 Å². The number of carbonyl (C=O) groups excluding carboxylic acids is 3. The fraction of sp³-hybridized carbons (Fsp3) is 0.355. The molecule has 0 radical (unpaired) electrons. The Bertz CT molecular complexity index is 1440. The summed E-state index contributed by atoms with van der Waals surface area (Å²) in [6, 6.07) is 16.2. The highest BCUT2D eigenvalue weighted by molar-refractivity contribution is 6.30. The minimum atomic E-state index is -0.973. The molecule has 1 atom stereocenters. The Morgan fingerprint density at radius 2 is 1.70 bits per heavy atom. The number of anilines is 1. The van der Waals surface area contributed by atoms with Crippen molar-refractivity contribution in [1.82, 2.24) is 14.8 Å². The zero-order valence-corrected chi connectivity index (χ0v) is 22.9. The van der Waals surface area contributed by atoms with Gasteiger partial charge in [0.15, 0.2) is 0 Å². The highest BCUT2D eigenvalue weighted by Crippen LogP contribution is 2.37. The molecule has 3 aliphatic rings. The van der Waals surface area contributed by atoms with E-state index in [4.69, 9.17) is 11.6 Å². The van der Waals surface area contributed by atoms with Crippen LogP contribution < -0.4 is 4.90 Å². The fourth-order valence-corrected chi connectivity index (χ4v) is 6.32. The Hall–Kier alpha value is -3.75. The lowest BCUT2D eigenvalue weighted by atomic mass is 9.84. The van der Waals surface area contributed by atoms with E-state index in [-0.39, 0.29) is 30.2 Å². The van der Waals surface area contributed by atoms with Gasteiger partial charge in [-0.1, -0.05) is 29.8 Å². The van der Waals surface area contributed by atoms with Gasteiger partial charge in [0.2, 0.25) is 5.91 Å². The number of rotatable bonds is 5. The molecule has 1 aromatic heterocycles. The number of likely N-dealkylation sites (tertiary alicyclic amines) is 1. The van der Waals surface area contributed by atoms with Gasteiger partial charge in [0.25, 0.3) is 11.8 Å². The molecule has 0 aliphatic carbocycles. The number of imide groups is 1. The van der Waals surface area contributed by atoms with Gasteiger partial charge >= 0.3 is 0 Å². The second kappa shape index (κ2) is 10.7. The molecule has 4 heterocycles. The van der Waals surface area contributed by atoms with E-state index in [1.165, 1.54) is 4.90 Å². The smallest absolute Gasteiger partial charge is 0.263 e.